The summed E-state index contributed by atoms with van der Waals surface area (Å²) in [5.41, 5.74) is 0. The van der Waals surface area contributed by atoms with Gasteiger partial charge in [-0.15, -0.1) is 0 Å². The van der Waals surface area contributed by atoms with E-state index in [2.05, 4.69) is 17.6 Å². The molecule has 1 atom stereocenters. The molecule has 0 aromatic heterocycles. The molecule has 0 radical (unpaired) electrons. The van der Waals surface area contributed by atoms with Crippen molar-refractivity contribution in [1.29, 1.82) is 0 Å². The zero-order valence-electron chi connectivity index (χ0n) is 10.7. The van der Waals surface area contributed by atoms with E-state index in [0.29, 0.717) is 5.92 Å². The average molecular weight is 256 g/mol. The predicted molar refractivity (Wildman–Crippen MR) is 73.2 cm³/mol. The van der Waals surface area contributed by atoms with E-state index in [4.69, 9.17) is 0 Å². The molecule has 17 heavy (non-hydrogen) atoms. The fraction of sp³-hybridized carbons (Fsp3) is 0.923. The molecule has 3 nitrogen and oxygen atoms in total. The molecular weight excluding hydrogens is 232 g/mol. The number of nitrogens with one attached hydrogen (secondary N) is 2. The van der Waals surface area contributed by atoms with E-state index in [1.165, 1.54) is 25.7 Å². The van der Waals surface area contributed by atoms with Crippen LogP contribution in [0.3, 0.4) is 0 Å². The van der Waals surface area contributed by atoms with Crippen molar-refractivity contribution < 1.29 is 4.79 Å². The first kappa shape index (κ1) is 13.2. The quantitative estimate of drug-likeness (QED) is 0.806. The van der Waals surface area contributed by atoms with Crippen molar-refractivity contribution >= 4 is 17.7 Å². The molecule has 4 heteroatoms. The van der Waals surface area contributed by atoms with Crippen molar-refractivity contribution in [2.75, 3.05) is 24.6 Å². The lowest BCUT2D eigenvalue weighted by Crippen LogP contribution is -2.49. The van der Waals surface area contributed by atoms with Gasteiger partial charge in [0.05, 0.1) is 6.04 Å². The van der Waals surface area contributed by atoms with Gasteiger partial charge in [0.15, 0.2) is 0 Å². The summed E-state index contributed by atoms with van der Waals surface area (Å²) < 4.78 is 0. The number of thioether (sulfide) groups is 1. The molecule has 2 aliphatic rings. The third kappa shape index (κ3) is 4.18. The van der Waals surface area contributed by atoms with E-state index in [1.54, 1.807) is 0 Å². The molecule has 0 aromatic carbocycles. The molecular formula is C13H24N2OS. The Labute approximate surface area is 108 Å². The van der Waals surface area contributed by atoms with Crippen LogP contribution in [-0.2, 0) is 4.79 Å². The molecule has 98 valence electrons. The summed E-state index contributed by atoms with van der Waals surface area (Å²) in [5.74, 6) is 3.86. The van der Waals surface area contributed by atoms with Gasteiger partial charge >= 0.3 is 0 Å². The molecule has 1 saturated carbocycles. The molecule has 1 amide bonds. The van der Waals surface area contributed by atoms with Gasteiger partial charge in [0, 0.05) is 24.6 Å². The van der Waals surface area contributed by atoms with E-state index in [1.807, 2.05) is 11.8 Å². The topological polar surface area (TPSA) is 41.1 Å². The second-order valence-corrected chi connectivity index (χ2v) is 6.60. The van der Waals surface area contributed by atoms with Gasteiger partial charge in [0.25, 0.3) is 0 Å². The van der Waals surface area contributed by atoms with Gasteiger partial charge in [0.1, 0.15) is 0 Å². The fourth-order valence-corrected chi connectivity index (χ4v) is 3.57. The first-order valence-electron chi connectivity index (χ1n) is 6.84. The van der Waals surface area contributed by atoms with Crippen LogP contribution < -0.4 is 10.6 Å². The highest BCUT2D eigenvalue weighted by molar-refractivity contribution is 7.99. The lowest BCUT2D eigenvalue weighted by molar-refractivity contribution is -0.122. The van der Waals surface area contributed by atoms with E-state index in [0.717, 1.165) is 30.5 Å². The molecule has 0 bridgehead atoms. The smallest absolute Gasteiger partial charge is 0.238 e. The van der Waals surface area contributed by atoms with Crippen LogP contribution >= 0.6 is 11.8 Å². The van der Waals surface area contributed by atoms with Gasteiger partial charge in [-0.3, -0.25) is 4.79 Å². The Morgan fingerprint density at radius 3 is 2.76 bits per heavy atom. The van der Waals surface area contributed by atoms with Gasteiger partial charge in [-0.2, -0.15) is 11.8 Å². The van der Waals surface area contributed by atoms with Crippen LogP contribution in [0.5, 0.6) is 0 Å². The van der Waals surface area contributed by atoms with Gasteiger partial charge in [-0.05, 0) is 24.7 Å². The number of carbonyl (C=O) groups is 1. The van der Waals surface area contributed by atoms with Crippen molar-refractivity contribution in [1.82, 2.24) is 10.6 Å². The second kappa shape index (κ2) is 6.64. The minimum absolute atomic E-state index is 0.0382. The third-order valence-electron chi connectivity index (χ3n) is 3.94. The van der Waals surface area contributed by atoms with Crippen LogP contribution in [0.15, 0.2) is 0 Å². The zero-order chi connectivity index (χ0) is 12.1. The maximum absolute atomic E-state index is 11.9. The maximum Gasteiger partial charge on any atom is 0.238 e. The van der Waals surface area contributed by atoms with Gasteiger partial charge in [0.2, 0.25) is 5.91 Å². The van der Waals surface area contributed by atoms with Crippen molar-refractivity contribution in [3.05, 3.63) is 0 Å². The van der Waals surface area contributed by atoms with Crippen LogP contribution in [0.4, 0.5) is 0 Å². The number of hydrogen-bond acceptors (Lipinski definition) is 3. The van der Waals surface area contributed by atoms with Crippen LogP contribution in [0.1, 0.15) is 32.6 Å². The Morgan fingerprint density at radius 2 is 2.12 bits per heavy atom. The first-order chi connectivity index (χ1) is 8.25. The summed E-state index contributed by atoms with van der Waals surface area (Å²) in [4.78, 5) is 11.9. The van der Waals surface area contributed by atoms with Crippen molar-refractivity contribution in [3.8, 4) is 0 Å². The van der Waals surface area contributed by atoms with Gasteiger partial charge in [-0.25, -0.2) is 0 Å². The average Bonchev–Trinajstić information content (AvgIpc) is 2.39. The molecule has 2 fully saturated rings. The molecule has 1 aliphatic heterocycles. The molecule has 1 aliphatic carbocycles. The van der Waals surface area contributed by atoms with E-state index < -0.39 is 0 Å². The van der Waals surface area contributed by atoms with Gasteiger partial charge in [-0.1, -0.05) is 19.8 Å². The Morgan fingerprint density at radius 1 is 1.35 bits per heavy atom. The summed E-state index contributed by atoms with van der Waals surface area (Å²) in [7, 11) is 0. The van der Waals surface area contributed by atoms with Crippen LogP contribution in [0.2, 0.25) is 0 Å². The number of rotatable bonds is 3. The van der Waals surface area contributed by atoms with Crippen LogP contribution in [0, 0.1) is 11.8 Å². The summed E-state index contributed by atoms with van der Waals surface area (Å²) in [6, 6.07) is 0.0382. The Bertz CT molecular complexity index is 246. The molecule has 0 spiro atoms. The van der Waals surface area contributed by atoms with E-state index in [-0.39, 0.29) is 11.9 Å². The van der Waals surface area contributed by atoms with Gasteiger partial charge < -0.3 is 10.6 Å². The lowest BCUT2D eigenvalue weighted by atomic mass is 9.83. The molecule has 2 rings (SSSR count). The summed E-state index contributed by atoms with van der Waals surface area (Å²) in [5, 5.41) is 6.40. The highest BCUT2D eigenvalue weighted by Gasteiger charge is 2.23. The molecule has 2 N–H and O–H groups in total. The zero-order valence-corrected chi connectivity index (χ0v) is 11.5. The number of carbonyl (C=O) groups excluding carboxylic acids is 1. The molecule has 0 aromatic rings. The highest BCUT2D eigenvalue weighted by atomic mass is 32.2. The summed E-state index contributed by atoms with van der Waals surface area (Å²) >= 11 is 1.87. The van der Waals surface area contributed by atoms with Crippen molar-refractivity contribution in [2.24, 2.45) is 11.8 Å². The van der Waals surface area contributed by atoms with Crippen LogP contribution in [0.25, 0.3) is 0 Å². The van der Waals surface area contributed by atoms with Crippen molar-refractivity contribution in [3.63, 3.8) is 0 Å². The highest BCUT2D eigenvalue weighted by Crippen LogP contribution is 2.27. The first-order valence-corrected chi connectivity index (χ1v) is 8.00. The van der Waals surface area contributed by atoms with Crippen molar-refractivity contribution in [2.45, 2.75) is 38.6 Å². The summed E-state index contributed by atoms with van der Waals surface area (Å²) in [6.45, 7) is 4.18. The standard InChI is InChI=1S/C13H24N2OS/c1-10-2-4-11(5-3-10)8-15-13(16)12-9-17-7-6-14-12/h10-12,14H,2-9H2,1H3,(H,15,16). The number of hydrogen-bond donors (Lipinski definition) is 2. The maximum atomic E-state index is 11.9. The summed E-state index contributed by atoms with van der Waals surface area (Å²) in [6.07, 6.45) is 5.23. The van der Waals surface area contributed by atoms with E-state index >= 15 is 0 Å². The minimum Gasteiger partial charge on any atom is -0.354 e. The largest absolute Gasteiger partial charge is 0.354 e. The monoisotopic (exact) mass is 256 g/mol. The van der Waals surface area contributed by atoms with E-state index in [9.17, 15) is 4.79 Å². The normalized spacial score (nSPS) is 34.3. The Kier molecular flexibility index (Phi) is 5.16. The SMILES string of the molecule is CC1CCC(CNC(=O)C2CSCCN2)CC1. The Hall–Kier alpha value is -0.220. The molecule has 1 unspecified atom stereocenters. The molecule has 1 heterocycles. The molecule has 1 saturated heterocycles. The second-order valence-electron chi connectivity index (χ2n) is 5.45. The third-order valence-corrected chi connectivity index (χ3v) is 5.00. The lowest BCUT2D eigenvalue weighted by Gasteiger charge is -2.28. The minimum atomic E-state index is 0.0382. The fourth-order valence-electron chi connectivity index (χ4n) is 2.64. The Balaban J connectivity index is 1.65. The number of amides is 1. The predicted octanol–water partition coefficient (Wildman–Crippen LogP) is 1.63. The van der Waals surface area contributed by atoms with Crippen LogP contribution in [-0.4, -0.2) is 36.5 Å².